The Labute approximate surface area is 121 Å². The van der Waals surface area contributed by atoms with Crippen LogP contribution in [0.3, 0.4) is 0 Å². The highest BCUT2D eigenvalue weighted by atomic mass is 16.5. The van der Waals surface area contributed by atoms with Crippen LogP contribution in [0.4, 0.5) is 0 Å². The first-order chi connectivity index (χ1) is 9.21. The molecule has 1 heterocycles. The van der Waals surface area contributed by atoms with Crippen LogP contribution < -0.4 is 4.74 Å². The van der Waals surface area contributed by atoms with Crippen LogP contribution in [0.15, 0.2) is 18.2 Å². The normalized spacial score (nSPS) is 21.6. The monoisotopic (exact) mass is 279 g/mol. The lowest BCUT2D eigenvalue weighted by Gasteiger charge is -2.47. The van der Waals surface area contributed by atoms with Gasteiger partial charge in [-0.2, -0.15) is 0 Å². The third-order valence-electron chi connectivity index (χ3n) is 3.44. The van der Waals surface area contributed by atoms with E-state index in [-0.39, 0.29) is 11.2 Å². The second-order valence-electron chi connectivity index (χ2n) is 6.76. The van der Waals surface area contributed by atoms with Gasteiger partial charge >= 0.3 is 0 Å². The third-order valence-corrected chi connectivity index (χ3v) is 3.44. The first-order valence-corrected chi connectivity index (χ1v) is 6.99. The van der Waals surface area contributed by atoms with Crippen molar-refractivity contribution in [3.8, 4) is 11.5 Å². The number of nitrogens with zero attached hydrogens (tertiary/aromatic N) is 1. The van der Waals surface area contributed by atoms with Crippen LogP contribution in [0, 0.1) is 0 Å². The molecule has 1 saturated heterocycles. The average Bonchev–Trinajstić information content (AvgIpc) is 2.28. The molecule has 0 aromatic heterocycles. The Morgan fingerprint density at radius 1 is 1.20 bits per heavy atom. The van der Waals surface area contributed by atoms with E-state index < -0.39 is 0 Å². The van der Waals surface area contributed by atoms with Gasteiger partial charge in [-0.1, -0.05) is 0 Å². The second kappa shape index (κ2) is 5.26. The molecule has 1 fully saturated rings. The Morgan fingerprint density at radius 3 is 2.35 bits per heavy atom. The molecule has 20 heavy (non-hydrogen) atoms. The Hall–Kier alpha value is -1.26. The van der Waals surface area contributed by atoms with E-state index in [1.165, 1.54) is 0 Å². The highest BCUT2D eigenvalue weighted by Gasteiger charge is 2.38. The quantitative estimate of drug-likeness (QED) is 0.924. The van der Waals surface area contributed by atoms with E-state index in [2.05, 4.69) is 32.6 Å². The van der Waals surface area contributed by atoms with Crippen molar-refractivity contribution in [3.05, 3.63) is 23.8 Å². The van der Waals surface area contributed by atoms with E-state index in [0.29, 0.717) is 12.3 Å². The molecule has 1 aromatic rings. The number of benzene rings is 1. The SMILES string of the molecule is COc1ccc(O)c(CN2CC(C)(C)OC(C)(C)C2)c1. The van der Waals surface area contributed by atoms with E-state index in [1.54, 1.807) is 19.2 Å². The number of methoxy groups -OCH3 is 1. The van der Waals surface area contributed by atoms with Gasteiger partial charge in [-0.3, -0.25) is 4.90 Å². The molecule has 1 aliphatic heterocycles. The Balaban J connectivity index is 2.17. The lowest BCUT2D eigenvalue weighted by molar-refractivity contribution is -0.182. The molecular formula is C16H25NO3. The zero-order valence-electron chi connectivity index (χ0n) is 13.1. The molecule has 0 bridgehead atoms. The molecule has 0 spiro atoms. The minimum Gasteiger partial charge on any atom is -0.508 e. The Kier molecular flexibility index (Phi) is 3.98. The summed E-state index contributed by atoms with van der Waals surface area (Å²) >= 11 is 0. The molecule has 0 saturated carbocycles. The smallest absolute Gasteiger partial charge is 0.120 e. The van der Waals surface area contributed by atoms with Crippen LogP contribution >= 0.6 is 0 Å². The third kappa shape index (κ3) is 3.64. The number of aromatic hydroxyl groups is 1. The fourth-order valence-corrected chi connectivity index (χ4v) is 3.11. The van der Waals surface area contributed by atoms with Gasteiger partial charge in [-0.15, -0.1) is 0 Å². The van der Waals surface area contributed by atoms with Crippen molar-refractivity contribution in [3.63, 3.8) is 0 Å². The van der Waals surface area contributed by atoms with Gasteiger partial charge in [-0.25, -0.2) is 0 Å². The maximum atomic E-state index is 10.0. The van der Waals surface area contributed by atoms with Crippen molar-refractivity contribution >= 4 is 0 Å². The number of hydrogen-bond acceptors (Lipinski definition) is 4. The fourth-order valence-electron chi connectivity index (χ4n) is 3.11. The van der Waals surface area contributed by atoms with Crippen LogP contribution in [0.25, 0.3) is 0 Å². The van der Waals surface area contributed by atoms with Gasteiger partial charge in [0.1, 0.15) is 11.5 Å². The summed E-state index contributed by atoms with van der Waals surface area (Å²) in [5, 5.41) is 10.0. The van der Waals surface area contributed by atoms with Crippen molar-refractivity contribution in [2.24, 2.45) is 0 Å². The number of rotatable bonds is 3. The van der Waals surface area contributed by atoms with Gasteiger partial charge in [0, 0.05) is 25.2 Å². The molecule has 0 amide bonds. The van der Waals surface area contributed by atoms with E-state index in [4.69, 9.17) is 9.47 Å². The number of morpholine rings is 1. The van der Waals surface area contributed by atoms with Crippen molar-refractivity contribution in [1.29, 1.82) is 0 Å². The summed E-state index contributed by atoms with van der Waals surface area (Å²) < 4.78 is 11.3. The summed E-state index contributed by atoms with van der Waals surface area (Å²) in [4.78, 5) is 2.32. The van der Waals surface area contributed by atoms with Gasteiger partial charge < -0.3 is 14.6 Å². The summed E-state index contributed by atoms with van der Waals surface area (Å²) in [6.07, 6.45) is 0. The van der Waals surface area contributed by atoms with Crippen molar-refractivity contribution in [2.45, 2.75) is 45.4 Å². The molecule has 4 nitrogen and oxygen atoms in total. The standard InChI is InChI=1S/C16H25NO3/c1-15(2)10-17(11-16(3,4)20-15)9-12-8-13(19-5)6-7-14(12)18/h6-8,18H,9-11H2,1-5H3. The largest absolute Gasteiger partial charge is 0.508 e. The highest BCUT2D eigenvalue weighted by Crippen LogP contribution is 2.31. The molecule has 1 aliphatic rings. The van der Waals surface area contributed by atoms with Gasteiger partial charge in [0.2, 0.25) is 0 Å². The second-order valence-corrected chi connectivity index (χ2v) is 6.76. The van der Waals surface area contributed by atoms with Gasteiger partial charge in [0.25, 0.3) is 0 Å². The molecule has 112 valence electrons. The summed E-state index contributed by atoms with van der Waals surface area (Å²) in [7, 11) is 1.64. The zero-order valence-corrected chi connectivity index (χ0v) is 13.1. The summed E-state index contributed by atoms with van der Waals surface area (Å²) in [6, 6.07) is 5.35. The molecule has 0 unspecified atom stereocenters. The molecule has 2 rings (SSSR count). The summed E-state index contributed by atoms with van der Waals surface area (Å²) in [6.45, 7) is 10.8. The predicted octanol–water partition coefficient (Wildman–Crippen LogP) is 2.79. The van der Waals surface area contributed by atoms with Crippen molar-refractivity contribution in [2.75, 3.05) is 20.2 Å². The molecule has 1 aromatic carbocycles. The topological polar surface area (TPSA) is 41.9 Å². The fraction of sp³-hybridized carbons (Fsp3) is 0.625. The molecule has 4 heteroatoms. The van der Waals surface area contributed by atoms with Crippen LogP contribution in [0.2, 0.25) is 0 Å². The molecule has 0 radical (unpaired) electrons. The van der Waals surface area contributed by atoms with Crippen LogP contribution in [0.5, 0.6) is 11.5 Å². The number of ether oxygens (including phenoxy) is 2. The predicted molar refractivity (Wildman–Crippen MR) is 79.2 cm³/mol. The number of phenols is 1. The minimum atomic E-state index is -0.184. The number of hydrogen-bond donors (Lipinski definition) is 1. The van der Waals surface area contributed by atoms with Crippen LogP contribution in [-0.4, -0.2) is 41.4 Å². The zero-order chi connectivity index (χ0) is 15.0. The number of phenolic OH excluding ortho intramolecular Hbond substituents is 1. The minimum absolute atomic E-state index is 0.184. The Bertz CT molecular complexity index is 467. The van der Waals surface area contributed by atoms with E-state index >= 15 is 0 Å². The summed E-state index contributed by atoms with van der Waals surface area (Å²) in [5.41, 5.74) is 0.518. The van der Waals surface area contributed by atoms with E-state index in [0.717, 1.165) is 24.4 Å². The maximum absolute atomic E-state index is 10.0. The first kappa shape index (κ1) is 15.1. The van der Waals surface area contributed by atoms with Gasteiger partial charge in [0.15, 0.2) is 0 Å². The van der Waals surface area contributed by atoms with Gasteiger partial charge in [-0.05, 0) is 45.9 Å². The summed E-state index contributed by atoms with van der Waals surface area (Å²) in [5.74, 6) is 1.08. The van der Waals surface area contributed by atoms with Crippen LogP contribution in [-0.2, 0) is 11.3 Å². The van der Waals surface area contributed by atoms with E-state index in [1.807, 2.05) is 6.07 Å². The van der Waals surface area contributed by atoms with E-state index in [9.17, 15) is 5.11 Å². The Morgan fingerprint density at radius 2 is 1.80 bits per heavy atom. The van der Waals surface area contributed by atoms with Crippen molar-refractivity contribution in [1.82, 2.24) is 4.90 Å². The molecule has 1 N–H and O–H groups in total. The molecule has 0 aliphatic carbocycles. The molecule has 0 atom stereocenters. The van der Waals surface area contributed by atoms with Crippen LogP contribution in [0.1, 0.15) is 33.3 Å². The maximum Gasteiger partial charge on any atom is 0.120 e. The highest BCUT2D eigenvalue weighted by molar-refractivity contribution is 5.39. The average molecular weight is 279 g/mol. The van der Waals surface area contributed by atoms with Crippen molar-refractivity contribution < 1.29 is 14.6 Å². The lowest BCUT2D eigenvalue weighted by Crippen LogP contribution is -2.56. The lowest BCUT2D eigenvalue weighted by atomic mass is 9.98. The van der Waals surface area contributed by atoms with Gasteiger partial charge in [0.05, 0.1) is 18.3 Å². The first-order valence-electron chi connectivity index (χ1n) is 6.99. The molecular weight excluding hydrogens is 254 g/mol.